The highest BCUT2D eigenvalue weighted by molar-refractivity contribution is 6.03. The monoisotopic (exact) mass is 432 g/mol. The molecule has 4 aromatic rings. The van der Waals surface area contributed by atoms with Crippen molar-refractivity contribution in [3.05, 3.63) is 66.3 Å². The average Bonchev–Trinajstić information content (AvgIpc) is 3.48. The van der Waals surface area contributed by atoms with E-state index in [1.807, 2.05) is 25.1 Å². The van der Waals surface area contributed by atoms with E-state index in [4.69, 9.17) is 8.94 Å². The lowest BCUT2D eigenvalue weighted by molar-refractivity contribution is 0.101. The number of hydrogen-bond acceptors (Lipinski definition) is 8. The highest BCUT2D eigenvalue weighted by Gasteiger charge is 2.15. The predicted octanol–water partition coefficient (Wildman–Crippen LogP) is 4.88. The van der Waals surface area contributed by atoms with Crippen LogP contribution in [-0.4, -0.2) is 34.1 Å². The summed E-state index contributed by atoms with van der Waals surface area (Å²) in [6, 6.07) is 14.3. The van der Waals surface area contributed by atoms with Crippen LogP contribution in [0.1, 0.15) is 30.2 Å². The molecule has 4 rings (SSSR count). The molecule has 1 aromatic carbocycles. The SMILES string of the molecule is CCN(CC)c1cc(Nc2ccc(NC(=O)c3cc(-c4ccco4)on3)cc2)nc(C)n1. The maximum Gasteiger partial charge on any atom is 0.277 e. The van der Waals surface area contributed by atoms with Gasteiger partial charge in [-0.2, -0.15) is 0 Å². The van der Waals surface area contributed by atoms with Gasteiger partial charge in [0.25, 0.3) is 5.91 Å². The van der Waals surface area contributed by atoms with Crippen LogP contribution >= 0.6 is 0 Å². The summed E-state index contributed by atoms with van der Waals surface area (Å²) < 4.78 is 10.4. The molecule has 9 nitrogen and oxygen atoms in total. The number of nitrogens with one attached hydrogen (secondary N) is 2. The molecular weight excluding hydrogens is 408 g/mol. The molecule has 0 aliphatic rings. The number of rotatable bonds is 8. The fourth-order valence-corrected chi connectivity index (χ4v) is 3.22. The molecule has 0 bridgehead atoms. The summed E-state index contributed by atoms with van der Waals surface area (Å²) in [5.41, 5.74) is 1.64. The normalized spacial score (nSPS) is 10.7. The highest BCUT2D eigenvalue weighted by Crippen LogP contribution is 2.23. The fraction of sp³-hybridized carbons (Fsp3) is 0.217. The van der Waals surface area contributed by atoms with Gasteiger partial charge in [-0.1, -0.05) is 5.16 Å². The Kier molecular flexibility index (Phi) is 6.16. The lowest BCUT2D eigenvalue weighted by Crippen LogP contribution is -2.23. The van der Waals surface area contributed by atoms with Crippen molar-refractivity contribution in [2.45, 2.75) is 20.8 Å². The van der Waals surface area contributed by atoms with Gasteiger partial charge >= 0.3 is 0 Å². The van der Waals surface area contributed by atoms with Crippen molar-refractivity contribution in [3.63, 3.8) is 0 Å². The molecule has 164 valence electrons. The molecule has 3 aromatic heterocycles. The van der Waals surface area contributed by atoms with Crippen LogP contribution in [0.4, 0.5) is 23.0 Å². The van der Waals surface area contributed by atoms with E-state index in [0.29, 0.717) is 28.9 Å². The molecule has 9 heteroatoms. The van der Waals surface area contributed by atoms with E-state index in [1.165, 1.54) is 12.3 Å². The summed E-state index contributed by atoms with van der Waals surface area (Å²) in [6.07, 6.45) is 1.53. The predicted molar refractivity (Wildman–Crippen MR) is 122 cm³/mol. The second kappa shape index (κ2) is 9.34. The first kappa shape index (κ1) is 21.1. The summed E-state index contributed by atoms with van der Waals surface area (Å²) in [4.78, 5) is 23.6. The van der Waals surface area contributed by atoms with Crippen molar-refractivity contribution in [2.24, 2.45) is 0 Å². The number of hydrogen-bond donors (Lipinski definition) is 2. The Morgan fingerprint density at radius 1 is 1.00 bits per heavy atom. The summed E-state index contributed by atoms with van der Waals surface area (Å²) in [7, 11) is 0. The van der Waals surface area contributed by atoms with Gasteiger partial charge in [-0.15, -0.1) is 0 Å². The molecule has 0 saturated heterocycles. The molecule has 1 amide bonds. The highest BCUT2D eigenvalue weighted by atomic mass is 16.5. The maximum atomic E-state index is 12.5. The number of amides is 1. The number of benzene rings is 1. The second-order valence-corrected chi connectivity index (χ2v) is 7.04. The van der Waals surface area contributed by atoms with Crippen molar-refractivity contribution in [1.82, 2.24) is 15.1 Å². The van der Waals surface area contributed by atoms with Gasteiger partial charge in [0.05, 0.1) is 6.26 Å². The van der Waals surface area contributed by atoms with Crippen LogP contribution in [0.25, 0.3) is 11.5 Å². The number of furan rings is 1. The minimum Gasteiger partial charge on any atom is -0.461 e. The van der Waals surface area contributed by atoms with E-state index in [-0.39, 0.29) is 11.6 Å². The van der Waals surface area contributed by atoms with Crippen molar-refractivity contribution in [2.75, 3.05) is 28.6 Å². The van der Waals surface area contributed by atoms with Gasteiger partial charge < -0.3 is 24.5 Å². The van der Waals surface area contributed by atoms with E-state index < -0.39 is 0 Å². The Balaban J connectivity index is 1.42. The van der Waals surface area contributed by atoms with Crippen LogP contribution in [0.15, 0.2) is 63.7 Å². The standard InChI is InChI=1S/C23H24N6O3/c1-4-29(5-2)22-14-21(24-15(3)25-22)26-16-8-10-17(11-9-16)27-23(30)18-13-20(32-28-18)19-7-6-12-31-19/h6-14H,4-5H2,1-3H3,(H,27,30)(H,24,25,26). The van der Waals surface area contributed by atoms with Crippen LogP contribution in [0.5, 0.6) is 0 Å². The Hall–Kier alpha value is -4.14. The van der Waals surface area contributed by atoms with Gasteiger partial charge in [0.2, 0.25) is 5.76 Å². The van der Waals surface area contributed by atoms with E-state index in [0.717, 1.165) is 24.6 Å². The van der Waals surface area contributed by atoms with E-state index >= 15 is 0 Å². The Bertz CT molecular complexity index is 1180. The smallest absolute Gasteiger partial charge is 0.277 e. The summed E-state index contributed by atoms with van der Waals surface area (Å²) >= 11 is 0. The van der Waals surface area contributed by atoms with Crippen LogP contribution in [0.3, 0.4) is 0 Å². The quantitative estimate of drug-likeness (QED) is 0.406. The van der Waals surface area contributed by atoms with Crippen molar-refractivity contribution < 1.29 is 13.7 Å². The molecule has 0 radical (unpaired) electrons. The van der Waals surface area contributed by atoms with E-state index in [2.05, 4.69) is 44.5 Å². The summed E-state index contributed by atoms with van der Waals surface area (Å²) in [6.45, 7) is 7.80. The third-order valence-electron chi connectivity index (χ3n) is 4.83. The van der Waals surface area contributed by atoms with Crippen LogP contribution < -0.4 is 15.5 Å². The molecule has 0 aliphatic carbocycles. The molecule has 0 unspecified atom stereocenters. The van der Waals surface area contributed by atoms with Crippen LogP contribution in [-0.2, 0) is 0 Å². The Morgan fingerprint density at radius 3 is 2.44 bits per heavy atom. The third-order valence-corrected chi connectivity index (χ3v) is 4.83. The van der Waals surface area contributed by atoms with Crippen LogP contribution in [0, 0.1) is 6.92 Å². The van der Waals surface area contributed by atoms with Gasteiger partial charge in [0, 0.05) is 36.6 Å². The van der Waals surface area contributed by atoms with Gasteiger partial charge in [0.15, 0.2) is 11.5 Å². The average molecular weight is 432 g/mol. The van der Waals surface area contributed by atoms with Gasteiger partial charge in [-0.05, 0) is 57.2 Å². The minimum absolute atomic E-state index is 0.166. The molecule has 0 fully saturated rings. The molecule has 0 saturated carbocycles. The maximum absolute atomic E-state index is 12.5. The fourth-order valence-electron chi connectivity index (χ4n) is 3.22. The third kappa shape index (κ3) is 4.77. The van der Waals surface area contributed by atoms with Crippen molar-refractivity contribution in [3.8, 4) is 11.5 Å². The van der Waals surface area contributed by atoms with E-state index in [9.17, 15) is 4.79 Å². The number of nitrogens with zero attached hydrogens (tertiary/aromatic N) is 4. The van der Waals surface area contributed by atoms with Crippen molar-refractivity contribution >= 4 is 28.9 Å². The zero-order valence-electron chi connectivity index (χ0n) is 18.1. The minimum atomic E-state index is -0.373. The number of aryl methyl sites for hydroxylation is 1. The number of anilines is 4. The first-order valence-corrected chi connectivity index (χ1v) is 10.4. The van der Waals surface area contributed by atoms with Crippen molar-refractivity contribution in [1.29, 1.82) is 0 Å². The second-order valence-electron chi connectivity index (χ2n) is 7.04. The zero-order chi connectivity index (χ0) is 22.5. The number of carbonyl (C=O) groups excluding carboxylic acids is 1. The lowest BCUT2D eigenvalue weighted by Gasteiger charge is -2.20. The Morgan fingerprint density at radius 2 is 1.75 bits per heavy atom. The van der Waals surface area contributed by atoms with E-state index in [1.54, 1.807) is 24.3 Å². The molecule has 0 atom stereocenters. The Labute approximate surface area is 185 Å². The topological polar surface area (TPSA) is 109 Å². The first-order chi connectivity index (χ1) is 15.6. The molecule has 3 heterocycles. The molecular formula is C23H24N6O3. The largest absolute Gasteiger partial charge is 0.461 e. The first-order valence-electron chi connectivity index (χ1n) is 10.4. The van der Waals surface area contributed by atoms with Gasteiger partial charge in [-0.3, -0.25) is 4.79 Å². The summed E-state index contributed by atoms with van der Waals surface area (Å²) in [5, 5.41) is 9.90. The molecule has 32 heavy (non-hydrogen) atoms. The summed E-state index contributed by atoms with van der Waals surface area (Å²) in [5.74, 6) is 2.82. The molecule has 0 spiro atoms. The molecule has 0 aliphatic heterocycles. The number of aromatic nitrogens is 3. The lowest BCUT2D eigenvalue weighted by atomic mass is 10.2. The zero-order valence-corrected chi connectivity index (χ0v) is 18.1. The number of carbonyl (C=O) groups is 1. The molecule has 2 N–H and O–H groups in total. The van der Waals surface area contributed by atoms with Gasteiger partial charge in [0.1, 0.15) is 17.5 Å². The van der Waals surface area contributed by atoms with Gasteiger partial charge in [-0.25, -0.2) is 9.97 Å². The van der Waals surface area contributed by atoms with Crippen LogP contribution in [0.2, 0.25) is 0 Å².